The number of halogens is 7. The zero-order chi connectivity index (χ0) is 16.4. The molecular weight excluding hydrogens is 321 g/mol. The van der Waals surface area contributed by atoms with Gasteiger partial charge in [0.15, 0.2) is 23.7 Å². The number of ether oxygens (including phenoxy) is 2. The van der Waals surface area contributed by atoms with E-state index in [4.69, 9.17) is 9.47 Å². The summed E-state index contributed by atoms with van der Waals surface area (Å²) >= 11 is 0. The van der Waals surface area contributed by atoms with Crippen LogP contribution < -0.4 is 4.74 Å². The van der Waals surface area contributed by atoms with E-state index in [0.717, 1.165) is 0 Å². The topological polar surface area (TPSA) is 18.5 Å². The molecule has 1 aromatic carbocycles. The van der Waals surface area contributed by atoms with Crippen molar-refractivity contribution in [1.82, 2.24) is 0 Å². The van der Waals surface area contributed by atoms with Crippen LogP contribution >= 0.6 is 0 Å². The predicted octanol–water partition coefficient (Wildman–Crippen LogP) is 4.68. The van der Waals surface area contributed by atoms with E-state index in [2.05, 4.69) is 0 Å². The van der Waals surface area contributed by atoms with Crippen molar-refractivity contribution in [3.63, 3.8) is 0 Å². The number of hydrogen-bond acceptors (Lipinski definition) is 2. The first-order valence-electron chi connectivity index (χ1n) is 6.20. The Balaban J connectivity index is 2.47. The number of benzene rings is 1. The van der Waals surface area contributed by atoms with Gasteiger partial charge in [-0.25, -0.2) is 13.2 Å². The Hall–Kier alpha value is -1.77. The first-order chi connectivity index (χ1) is 10.3. The lowest BCUT2D eigenvalue weighted by atomic mass is 10.1. The van der Waals surface area contributed by atoms with Crippen molar-refractivity contribution in [3.8, 4) is 5.75 Å². The van der Waals surface area contributed by atoms with Gasteiger partial charge in [-0.3, -0.25) is 0 Å². The van der Waals surface area contributed by atoms with Crippen molar-refractivity contribution in [2.24, 2.45) is 0 Å². The molecule has 1 aromatic rings. The minimum Gasteiger partial charge on any atom is -0.459 e. The van der Waals surface area contributed by atoms with Crippen LogP contribution in [0.4, 0.5) is 30.7 Å². The second kappa shape index (κ2) is 6.55. The van der Waals surface area contributed by atoms with Crippen LogP contribution in [0.3, 0.4) is 0 Å². The Morgan fingerprint density at radius 3 is 1.95 bits per heavy atom. The van der Waals surface area contributed by atoms with Crippen LogP contribution in [0.25, 0.3) is 5.83 Å². The van der Waals surface area contributed by atoms with E-state index in [1.54, 1.807) is 0 Å². The van der Waals surface area contributed by atoms with Gasteiger partial charge in [-0.2, -0.15) is 17.6 Å². The van der Waals surface area contributed by atoms with Crippen molar-refractivity contribution in [2.45, 2.75) is 25.6 Å². The van der Waals surface area contributed by atoms with Crippen molar-refractivity contribution < 1.29 is 40.2 Å². The molecule has 9 heteroatoms. The first kappa shape index (κ1) is 16.6. The maximum absolute atomic E-state index is 13.7. The summed E-state index contributed by atoms with van der Waals surface area (Å²) in [6.45, 7) is 0.224. The smallest absolute Gasteiger partial charge is 0.306 e. The Morgan fingerprint density at radius 1 is 0.909 bits per heavy atom. The minimum atomic E-state index is -3.11. The van der Waals surface area contributed by atoms with E-state index in [0.29, 0.717) is 12.8 Å². The molecule has 1 atom stereocenters. The van der Waals surface area contributed by atoms with Gasteiger partial charge in [0.05, 0.1) is 12.2 Å². The fraction of sp³-hybridized carbons (Fsp3) is 0.385. The van der Waals surface area contributed by atoms with Crippen LogP contribution in [0, 0.1) is 23.3 Å². The van der Waals surface area contributed by atoms with Crippen LogP contribution in [-0.4, -0.2) is 12.9 Å². The Labute approximate surface area is 120 Å². The van der Waals surface area contributed by atoms with E-state index in [1.165, 1.54) is 0 Å². The summed E-state index contributed by atoms with van der Waals surface area (Å²) in [7, 11) is 0. The second-order valence-corrected chi connectivity index (χ2v) is 4.45. The highest BCUT2D eigenvalue weighted by atomic mass is 19.3. The monoisotopic (exact) mass is 330 g/mol. The van der Waals surface area contributed by atoms with Crippen LogP contribution in [-0.2, 0) is 4.74 Å². The highest BCUT2D eigenvalue weighted by molar-refractivity contribution is 5.62. The van der Waals surface area contributed by atoms with Gasteiger partial charge in [-0.15, -0.1) is 0 Å². The molecule has 1 aliphatic heterocycles. The van der Waals surface area contributed by atoms with E-state index >= 15 is 0 Å². The lowest BCUT2D eigenvalue weighted by Crippen LogP contribution is -2.26. The number of hydrogen-bond donors (Lipinski definition) is 0. The third-order valence-electron chi connectivity index (χ3n) is 3.00. The van der Waals surface area contributed by atoms with Crippen molar-refractivity contribution in [1.29, 1.82) is 0 Å². The molecule has 0 saturated carbocycles. The molecular formula is C13H9F7O2. The van der Waals surface area contributed by atoms with Gasteiger partial charge in [-0.05, 0) is 12.8 Å². The molecule has 122 valence electrons. The maximum atomic E-state index is 13.7. The average molecular weight is 330 g/mol. The Morgan fingerprint density at radius 2 is 1.50 bits per heavy atom. The standard InChI is InChI=1S/C13H9F7O2/c14-7-6(9(16)13(19)20)8(15)11(18)12(10(7)17)22-5-3-1-2-4-21-5/h5H,1-4H2. The van der Waals surface area contributed by atoms with Crippen molar-refractivity contribution in [3.05, 3.63) is 34.9 Å². The van der Waals surface area contributed by atoms with Crippen LogP contribution in [0.15, 0.2) is 6.08 Å². The van der Waals surface area contributed by atoms with Gasteiger partial charge in [0.2, 0.25) is 17.5 Å². The summed E-state index contributed by atoms with van der Waals surface area (Å²) in [5.74, 6) is -13.0. The largest absolute Gasteiger partial charge is 0.459 e. The minimum absolute atomic E-state index is 0.219. The molecule has 2 rings (SSSR count). The second-order valence-electron chi connectivity index (χ2n) is 4.45. The summed E-state index contributed by atoms with van der Waals surface area (Å²) in [5.41, 5.74) is -2.12. The fourth-order valence-electron chi connectivity index (χ4n) is 1.94. The van der Waals surface area contributed by atoms with Gasteiger partial charge in [-0.1, -0.05) is 0 Å². The molecule has 0 N–H and O–H groups in total. The molecule has 0 amide bonds. The molecule has 1 unspecified atom stereocenters. The molecule has 2 nitrogen and oxygen atoms in total. The molecule has 22 heavy (non-hydrogen) atoms. The highest BCUT2D eigenvalue weighted by Crippen LogP contribution is 2.36. The van der Waals surface area contributed by atoms with E-state index in [1.807, 2.05) is 0 Å². The van der Waals surface area contributed by atoms with E-state index in [-0.39, 0.29) is 13.0 Å². The third kappa shape index (κ3) is 3.03. The summed E-state index contributed by atoms with van der Waals surface area (Å²) in [5, 5.41) is 0. The van der Waals surface area contributed by atoms with Crippen LogP contribution in [0.5, 0.6) is 5.75 Å². The zero-order valence-electron chi connectivity index (χ0n) is 10.9. The lowest BCUT2D eigenvalue weighted by Gasteiger charge is -2.24. The zero-order valence-corrected chi connectivity index (χ0v) is 10.9. The fourth-order valence-corrected chi connectivity index (χ4v) is 1.94. The molecule has 0 spiro atoms. The van der Waals surface area contributed by atoms with Crippen LogP contribution in [0.2, 0.25) is 0 Å². The SMILES string of the molecule is FC(F)=C(F)c1c(F)c(F)c(OC2CCCCO2)c(F)c1F. The molecule has 0 aromatic heterocycles. The molecule has 1 heterocycles. The van der Waals surface area contributed by atoms with Crippen molar-refractivity contribution in [2.75, 3.05) is 6.61 Å². The van der Waals surface area contributed by atoms with Gasteiger partial charge in [0.25, 0.3) is 0 Å². The Bertz CT molecular complexity index is 576. The summed E-state index contributed by atoms with van der Waals surface area (Å²) in [6.07, 6.45) is -2.75. The predicted molar refractivity (Wildman–Crippen MR) is 60.7 cm³/mol. The summed E-state index contributed by atoms with van der Waals surface area (Å²) in [6, 6.07) is 0. The molecule has 1 saturated heterocycles. The normalized spacial score (nSPS) is 18.2. The Kier molecular flexibility index (Phi) is 4.94. The molecule has 0 bridgehead atoms. The molecule has 1 fully saturated rings. The van der Waals surface area contributed by atoms with Crippen LogP contribution in [0.1, 0.15) is 24.8 Å². The first-order valence-corrected chi connectivity index (χ1v) is 6.20. The van der Waals surface area contributed by atoms with Gasteiger partial charge >= 0.3 is 6.08 Å². The summed E-state index contributed by atoms with van der Waals surface area (Å²) < 4.78 is 101. The van der Waals surface area contributed by atoms with Gasteiger partial charge in [0.1, 0.15) is 0 Å². The van der Waals surface area contributed by atoms with Crippen molar-refractivity contribution >= 4 is 5.83 Å². The highest BCUT2D eigenvalue weighted by Gasteiger charge is 2.32. The molecule has 1 aliphatic rings. The summed E-state index contributed by atoms with van der Waals surface area (Å²) in [4.78, 5) is 0. The van der Waals surface area contributed by atoms with Gasteiger partial charge in [0, 0.05) is 6.42 Å². The van der Waals surface area contributed by atoms with E-state index < -0.39 is 52.8 Å². The van der Waals surface area contributed by atoms with E-state index in [9.17, 15) is 30.7 Å². The molecule has 0 aliphatic carbocycles. The maximum Gasteiger partial charge on any atom is 0.306 e. The molecule has 0 radical (unpaired) electrons. The third-order valence-corrected chi connectivity index (χ3v) is 3.00. The number of rotatable bonds is 3. The average Bonchev–Trinajstić information content (AvgIpc) is 2.50. The quantitative estimate of drug-likeness (QED) is 0.592. The lowest BCUT2D eigenvalue weighted by molar-refractivity contribution is -0.109. The van der Waals surface area contributed by atoms with Gasteiger partial charge < -0.3 is 9.47 Å².